The molecule has 0 bridgehead atoms. The molecule has 1 unspecified atom stereocenters. The third-order valence-corrected chi connectivity index (χ3v) is 3.60. The summed E-state index contributed by atoms with van der Waals surface area (Å²) in [6, 6.07) is 1.46. The van der Waals surface area contributed by atoms with Crippen LogP contribution in [0.5, 0.6) is 11.5 Å². The number of phenolic OH excluding ortho intramolecular Hbond substituents is 2. The average molecular weight is 290 g/mol. The minimum Gasteiger partial charge on any atom is -0.504 e. The molecule has 0 amide bonds. The maximum atomic E-state index is 13.1. The van der Waals surface area contributed by atoms with Crippen molar-refractivity contribution in [3.05, 3.63) is 21.9 Å². The third kappa shape index (κ3) is 2.15. The highest BCUT2D eigenvalue weighted by Gasteiger charge is 2.21. The predicted molar refractivity (Wildman–Crippen MR) is 62.2 cm³/mol. The Balaban J connectivity index is 2.28. The van der Waals surface area contributed by atoms with Gasteiger partial charge in [0.05, 0.1) is 0 Å². The molecule has 16 heavy (non-hydrogen) atoms. The van der Waals surface area contributed by atoms with Crippen LogP contribution >= 0.6 is 15.9 Å². The van der Waals surface area contributed by atoms with Gasteiger partial charge in [-0.1, -0.05) is 15.9 Å². The van der Waals surface area contributed by atoms with Crippen molar-refractivity contribution < 1.29 is 14.6 Å². The number of benzene rings is 1. The Kier molecular flexibility index (Phi) is 3.35. The summed E-state index contributed by atoms with van der Waals surface area (Å²) in [7, 11) is 0. The van der Waals surface area contributed by atoms with E-state index < -0.39 is 11.6 Å². The Labute approximate surface area is 101 Å². The first-order chi connectivity index (χ1) is 7.59. The third-order valence-electron chi connectivity index (χ3n) is 2.89. The van der Waals surface area contributed by atoms with Gasteiger partial charge in [-0.3, -0.25) is 0 Å². The quantitative estimate of drug-likeness (QED) is 0.733. The number of hydrogen-bond donors (Lipinski definition) is 3. The van der Waals surface area contributed by atoms with Crippen LogP contribution in [0.3, 0.4) is 0 Å². The molecule has 0 spiro atoms. The van der Waals surface area contributed by atoms with Gasteiger partial charge in [0, 0.05) is 16.1 Å². The van der Waals surface area contributed by atoms with Gasteiger partial charge in [0.15, 0.2) is 17.3 Å². The Hall–Kier alpha value is -0.810. The highest BCUT2D eigenvalue weighted by atomic mass is 79.9. The second-order valence-electron chi connectivity index (χ2n) is 4.01. The summed E-state index contributed by atoms with van der Waals surface area (Å²) >= 11 is 3.20. The molecule has 1 aliphatic rings. The monoisotopic (exact) mass is 289 g/mol. The summed E-state index contributed by atoms with van der Waals surface area (Å²) in [6.45, 7) is 0.968. The van der Waals surface area contributed by atoms with Crippen molar-refractivity contribution >= 4 is 15.9 Å². The van der Waals surface area contributed by atoms with Gasteiger partial charge in [0.25, 0.3) is 0 Å². The summed E-state index contributed by atoms with van der Waals surface area (Å²) in [5.41, 5.74) is 0.554. The normalized spacial score (nSPS) is 20.2. The van der Waals surface area contributed by atoms with E-state index in [0.717, 1.165) is 19.4 Å². The van der Waals surface area contributed by atoms with Crippen molar-refractivity contribution in [3.63, 3.8) is 0 Å². The first-order valence-corrected chi connectivity index (χ1v) is 6.01. The topological polar surface area (TPSA) is 52.5 Å². The summed E-state index contributed by atoms with van der Waals surface area (Å²) in [4.78, 5) is 0. The van der Waals surface area contributed by atoms with Gasteiger partial charge in [-0.15, -0.1) is 0 Å². The second kappa shape index (κ2) is 4.59. The molecule has 1 aliphatic heterocycles. The van der Waals surface area contributed by atoms with Crippen LogP contribution in [-0.4, -0.2) is 22.8 Å². The molecule has 2 rings (SSSR count). The van der Waals surface area contributed by atoms with Crippen LogP contribution in [-0.2, 0) is 6.42 Å². The number of halogens is 2. The molecule has 0 saturated carbocycles. The average Bonchev–Trinajstić information content (AvgIpc) is 2.74. The van der Waals surface area contributed by atoms with Crippen LogP contribution in [0.25, 0.3) is 0 Å². The molecular weight excluding hydrogens is 277 g/mol. The number of aromatic hydroxyl groups is 2. The number of nitrogens with one attached hydrogen (secondary N) is 1. The first-order valence-electron chi connectivity index (χ1n) is 5.21. The molecule has 1 saturated heterocycles. The minimum absolute atomic E-state index is 0.284. The molecule has 3 N–H and O–H groups in total. The highest BCUT2D eigenvalue weighted by Crippen LogP contribution is 2.38. The molecule has 1 fully saturated rings. The van der Waals surface area contributed by atoms with Gasteiger partial charge in [-0.25, -0.2) is 4.39 Å². The molecule has 5 heteroatoms. The van der Waals surface area contributed by atoms with Crippen molar-refractivity contribution in [3.8, 4) is 11.5 Å². The molecule has 3 nitrogen and oxygen atoms in total. The second-order valence-corrected chi connectivity index (χ2v) is 4.87. The van der Waals surface area contributed by atoms with Crippen molar-refractivity contribution in [1.82, 2.24) is 5.32 Å². The Morgan fingerprint density at radius 1 is 1.44 bits per heavy atom. The lowest BCUT2D eigenvalue weighted by Gasteiger charge is -2.14. The van der Waals surface area contributed by atoms with E-state index in [2.05, 4.69) is 21.2 Å². The van der Waals surface area contributed by atoms with Crippen molar-refractivity contribution in [2.45, 2.75) is 25.3 Å². The van der Waals surface area contributed by atoms with E-state index in [1.54, 1.807) is 0 Å². The molecular formula is C11H13BrFNO2. The highest BCUT2D eigenvalue weighted by molar-refractivity contribution is 9.10. The van der Waals surface area contributed by atoms with Crippen LogP contribution in [0.2, 0.25) is 0 Å². The van der Waals surface area contributed by atoms with E-state index in [9.17, 15) is 14.6 Å². The summed E-state index contributed by atoms with van der Waals surface area (Å²) in [6.07, 6.45) is 2.72. The lowest BCUT2D eigenvalue weighted by molar-refractivity contribution is 0.373. The van der Waals surface area contributed by atoms with E-state index in [1.165, 1.54) is 6.07 Å². The zero-order valence-electron chi connectivity index (χ0n) is 8.63. The smallest absolute Gasteiger partial charge is 0.194 e. The lowest BCUT2D eigenvalue weighted by atomic mass is 10.0. The fraction of sp³-hybridized carbons (Fsp3) is 0.455. The van der Waals surface area contributed by atoms with Gasteiger partial charge < -0.3 is 15.5 Å². The maximum absolute atomic E-state index is 13.1. The summed E-state index contributed by atoms with van der Waals surface area (Å²) in [5.74, 6) is -1.84. The van der Waals surface area contributed by atoms with Crippen LogP contribution in [0, 0.1) is 5.82 Å². The molecule has 0 aliphatic carbocycles. The summed E-state index contributed by atoms with van der Waals surface area (Å²) < 4.78 is 13.6. The number of hydrogen-bond acceptors (Lipinski definition) is 3. The summed E-state index contributed by atoms with van der Waals surface area (Å²) in [5, 5.41) is 22.3. The van der Waals surface area contributed by atoms with Crippen molar-refractivity contribution in [2.24, 2.45) is 0 Å². The fourth-order valence-corrected chi connectivity index (χ4v) is 2.56. The first kappa shape index (κ1) is 11.7. The number of phenols is 2. The minimum atomic E-state index is -0.812. The van der Waals surface area contributed by atoms with Crippen molar-refractivity contribution in [2.75, 3.05) is 6.54 Å². The van der Waals surface area contributed by atoms with Crippen LogP contribution in [0.15, 0.2) is 10.5 Å². The van der Waals surface area contributed by atoms with E-state index in [1.807, 2.05) is 0 Å². The number of rotatable bonds is 2. The van der Waals surface area contributed by atoms with E-state index in [-0.39, 0.29) is 11.8 Å². The fourth-order valence-electron chi connectivity index (χ4n) is 2.01. The van der Waals surface area contributed by atoms with E-state index >= 15 is 0 Å². The largest absolute Gasteiger partial charge is 0.504 e. The molecule has 88 valence electrons. The SMILES string of the molecule is Oc1c(F)cc(Br)c(CC2CCCN2)c1O. The Morgan fingerprint density at radius 3 is 2.81 bits per heavy atom. The van der Waals surface area contributed by atoms with Gasteiger partial charge in [0.1, 0.15) is 0 Å². The standard InChI is InChI=1S/C11H13BrFNO2/c12-8-5-9(13)11(16)10(15)7(8)4-6-2-1-3-14-6/h5-6,14-16H,1-4H2. The van der Waals surface area contributed by atoms with Crippen LogP contribution < -0.4 is 5.32 Å². The zero-order valence-corrected chi connectivity index (χ0v) is 10.2. The van der Waals surface area contributed by atoms with Crippen LogP contribution in [0.1, 0.15) is 18.4 Å². The van der Waals surface area contributed by atoms with E-state index in [0.29, 0.717) is 16.5 Å². The molecule has 0 radical (unpaired) electrons. The predicted octanol–water partition coefficient (Wildman–Crippen LogP) is 2.29. The molecule has 1 aromatic rings. The maximum Gasteiger partial charge on any atom is 0.194 e. The molecule has 1 aromatic carbocycles. The Morgan fingerprint density at radius 2 is 2.19 bits per heavy atom. The zero-order chi connectivity index (χ0) is 11.7. The molecule has 0 aromatic heterocycles. The lowest BCUT2D eigenvalue weighted by Crippen LogP contribution is -2.23. The molecule has 1 heterocycles. The van der Waals surface area contributed by atoms with Gasteiger partial charge in [-0.05, 0) is 31.9 Å². The van der Waals surface area contributed by atoms with Gasteiger partial charge in [0.2, 0.25) is 0 Å². The van der Waals surface area contributed by atoms with Gasteiger partial charge in [-0.2, -0.15) is 0 Å². The van der Waals surface area contributed by atoms with Gasteiger partial charge >= 0.3 is 0 Å². The van der Waals surface area contributed by atoms with Crippen molar-refractivity contribution in [1.29, 1.82) is 0 Å². The van der Waals surface area contributed by atoms with Crippen LogP contribution in [0.4, 0.5) is 4.39 Å². The molecule has 1 atom stereocenters. The Bertz CT molecular complexity index is 405. The van der Waals surface area contributed by atoms with E-state index in [4.69, 9.17) is 0 Å².